The zero-order valence-electron chi connectivity index (χ0n) is 20.3. The number of hydrogen-bond acceptors (Lipinski definition) is 7. The number of fused-ring (bicyclic) bond motifs is 1. The molecule has 1 aromatic heterocycles. The lowest BCUT2D eigenvalue weighted by Gasteiger charge is -2.37. The first-order valence-corrected chi connectivity index (χ1v) is 12.5. The summed E-state index contributed by atoms with van der Waals surface area (Å²) in [5.74, 6) is 1.68. The fourth-order valence-corrected chi connectivity index (χ4v) is 4.90. The van der Waals surface area contributed by atoms with E-state index in [1.807, 2.05) is 48.7 Å². The predicted octanol–water partition coefficient (Wildman–Crippen LogP) is 4.45. The zero-order valence-corrected chi connectivity index (χ0v) is 20.3. The summed E-state index contributed by atoms with van der Waals surface area (Å²) in [5.41, 5.74) is 11.4. The molecule has 3 heterocycles. The maximum absolute atomic E-state index is 12.5. The largest absolute Gasteiger partial charge is 0.489 e. The number of nitrogens with zero attached hydrogens (tertiary/aromatic N) is 3. The van der Waals surface area contributed by atoms with E-state index in [4.69, 9.17) is 10.5 Å². The first-order chi connectivity index (χ1) is 18.2. The number of nitrogens with one attached hydrogen (secondary N) is 2. The molecular weight excluding hydrogens is 464 g/mol. The van der Waals surface area contributed by atoms with Crippen molar-refractivity contribution in [3.8, 4) is 5.75 Å². The van der Waals surface area contributed by atoms with Gasteiger partial charge in [-0.05, 0) is 60.7 Å². The molecule has 6 rings (SSSR count). The number of ether oxygens (including phenoxy) is 1. The van der Waals surface area contributed by atoms with Crippen molar-refractivity contribution in [3.05, 3.63) is 108 Å². The van der Waals surface area contributed by atoms with Crippen LogP contribution in [-0.4, -0.2) is 27.8 Å². The Balaban J connectivity index is 1.16. The number of amidine groups is 1. The normalized spacial score (nSPS) is 18.5. The molecule has 0 spiro atoms. The second kappa shape index (κ2) is 9.81. The molecule has 2 aliphatic heterocycles. The maximum atomic E-state index is 12.5. The molecule has 186 valence electrons. The number of anilines is 1. The van der Waals surface area contributed by atoms with Gasteiger partial charge in [-0.2, -0.15) is 0 Å². The quantitative estimate of drug-likeness (QED) is 0.450. The third-order valence-electron chi connectivity index (χ3n) is 7.02. The Labute approximate surface area is 215 Å². The molecule has 1 unspecified atom stereocenters. The van der Waals surface area contributed by atoms with Gasteiger partial charge in [0.05, 0.1) is 5.70 Å². The smallest absolute Gasteiger partial charge is 0.255 e. The number of carbonyl (C=O) groups is 1. The van der Waals surface area contributed by atoms with Crippen LogP contribution in [0, 0.1) is 5.92 Å². The van der Waals surface area contributed by atoms with Gasteiger partial charge in [-0.1, -0.05) is 30.7 Å². The highest BCUT2D eigenvalue weighted by atomic mass is 16.5. The molecule has 0 bridgehead atoms. The number of carbonyl (C=O) groups excluding carboxylic acids is 1. The highest BCUT2D eigenvalue weighted by molar-refractivity contribution is 6.05. The van der Waals surface area contributed by atoms with E-state index in [0.29, 0.717) is 29.6 Å². The highest BCUT2D eigenvalue weighted by Crippen LogP contribution is 2.39. The second-order valence-corrected chi connectivity index (χ2v) is 9.43. The van der Waals surface area contributed by atoms with E-state index in [1.54, 1.807) is 30.7 Å². The van der Waals surface area contributed by atoms with Gasteiger partial charge in [0.1, 0.15) is 30.1 Å². The van der Waals surface area contributed by atoms with Crippen LogP contribution in [0.15, 0.2) is 96.1 Å². The lowest BCUT2D eigenvalue weighted by atomic mass is 9.82. The molecule has 8 heteroatoms. The Bertz CT molecular complexity index is 1410. The number of rotatable bonds is 7. The van der Waals surface area contributed by atoms with Crippen LogP contribution in [0.1, 0.15) is 40.7 Å². The van der Waals surface area contributed by atoms with Gasteiger partial charge in [0.25, 0.3) is 5.91 Å². The van der Waals surface area contributed by atoms with E-state index < -0.39 is 0 Å². The van der Waals surface area contributed by atoms with Crippen LogP contribution in [0.25, 0.3) is 5.70 Å². The van der Waals surface area contributed by atoms with Gasteiger partial charge in [0, 0.05) is 41.6 Å². The molecule has 8 nitrogen and oxygen atoms in total. The summed E-state index contributed by atoms with van der Waals surface area (Å²) in [6.07, 6.45) is 10.9. The summed E-state index contributed by atoms with van der Waals surface area (Å²) in [6.45, 7) is 0.366. The van der Waals surface area contributed by atoms with E-state index in [9.17, 15) is 4.79 Å². The van der Waals surface area contributed by atoms with Gasteiger partial charge in [0.2, 0.25) is 0 Å². The molecule has 0 radical (unpaired) electrons. The Kier molecular flexibility index (Phi) is 6.06. The standard InChI is InChI=1S/C29H28N6O2/c30-27-26-25(34-28(20-5-2-6-20)35(26)15-14-32-27)22-7-3-9-24(17-22)37-18-19-4-1-8-23(16-19)33-29(36)21-10-12-31-13-11-21/h1,3-4,7-17,20,28,34H,2,5-6,18H2,(H2,30,32)(H,33,36). The Morgan fingerprint density at radius 2 is 1.95 bits per heavy atom. The number of aromatic nitrogens is 1. The van der Waals surface area contributed by atoms with Crippen molar-refractivity contribution in [1.82, 2.24) is 15.2 Å². The molecule has 0 saturated heterocycles. The summed E-state index contributed by atoms with van der Waals surface area (Å²) < 4.78 is 6.15. The second-order valence-electron chi connectivity index (χ2n) is 9.43. The molecule has 2 aromatic carbocycles. The molecule has 1 saturated carbocycles. The number of pyridine rings is 1. The van der Waals surface area contributed by atoms with Gasteiger partial charge in [-0.25, -0.2) is 4.99 Å². The van der Waals surface area contributed by atoms with E-state index in [1.165, 1.54) is 19.3 Å². The first-order valence-electron chi connectivity index (χ1n) is 12.5. The summed E-state index contributed by atoms with van der Waals surface area (Å²) in [6, 6.07) is 19.0. The average Bonchev–Trinajstić information content (AvgIpc) is 3.28. The van der Waals surface area contributed by atoms with Crippen LogP contribution in [0.3, 0.4) is 0 Å². The third-order valence-corrected chi connectivity index (χ3v) is 7.02. The fraction of sp³-hybridized carbons (Fsp3) is 0.207. The van der Waals surface area contributed by atoms with E-state index >= 15 is 0 Å². The van der Waals surface area contributed by atoms with Crippen molar-refractivity contribution in [2.75, 3.05) is 5.32 Å². The molecule has 1 fully saturated rings. The molecule has 4 N–H and O–H groups in total. The lowest BCUT2D eigenvalue weighted by Crippen LogP contribution is -2.45. The topological polar surface area (TPSA) is 105 Å². The number of hydrogen-bond donors (Lipinski definition) is 3. The summed E-state index contributed by atoms with van der Waals surface area (Å²) >= 11 is 0. The molecule has 1 amide bonds. The van der Waals surface area contributed by atoms with Gasteiger partial charge in [-0.15, -0.1) is 0 Å². The minimum atomic E-state index is -0.179. The first kappa shape index (κ1) is 22.8. The van der Waals surface area contributed by atoms with Crippen molar-refractivity contribution in [2.45, 2.75) is 32.0 Å². The van der Waals surface area contributed by atoms with Crippen molar-refractivity contribution in [2.24, 2.45) is 16.6 Å². The van der Waals surface area contributed by atoms with Crippen LogP contribution < -0.4 is 21.1 Å². The molecule has 37 heavy (non-hydrogen) atoms. The van der Waals surface area contributed by atoms with Crippen molar-refractivity contribution >= 4 is 23.1 Å². The van der Waals surface area contributed by atoms with Gasteiger partial charge in [-0.3, -0.25) is 9.78 Å². The highest BCUT2D eigenvalue weighted by Gasteiger charge is 2.40. The average molecular weight is 493 g/mol. The predicted molar refractivity (Wildman–Crippen MR) is 143 cm³/mol. The Morgan fingerprint density at radius 1 is 1.11 bits per heavy atom. The molecular formula is C29H28N6O2. The third kappa shape index (κ3) is 4.65. The van der Waals surface area contributed by atoms with E-state index in [-0.39, 0.29) is 12.1 Å². The van der Waals surface area contributed by atoms with E-state index in [0.717, 1.165) is 28.3 Å². The van der Waals surface area contributed by atoms with Crippen LogP contribution in [-0.2, 0) is 6.61 Å². The van der Waals surface area contributed by atoms with Gasteiger partial charge < -0.3 is 26.0 Å². The van der Waals surface area contributed by atoms with Crippen LogP contribution >= 0.6 is 0 Å². The van der Waals surface area contributed by atoms with Crippen LogP contribution in [0.5, 0.6) is 5.75 Å². The summed E-state index contributed by atoms with van der Waals surface area (Å²) in [7, 11) is 0. The zero-order chi connectivity index (χ0) is 25.2. The molecule has 3 aliphatic rings. The molecule has 3 aromatic rings. The Morgan fingerprint density at radius 3 is 2.76 bits per heavy atom. The SMILES string of the molecule is NC1=NC=CN2C1=C(c1cccc(OCc3cccc(NC(=O)c4ccncc4)c3)c1)NC2C1CCC1. The number of aliphatic imine (C=N–C) groups is 1. The minimum absolute atomic E-state index is 0.179. The summed E-state index contributed by atoms with van der Waals surface area (Å²) in [4.78, 5) is 23.0. The maximum Gasteiger partial charge on any atom is 0.255 e. The molecule has 1 aliphatic carbocycles. The monoisotopic (exact) mass is 492 g/mol. The minimum Gasteiger partial charge on any atom is -0.489 e. The number of benzene rings is 2. The van der Waals surface area contributed by atoms with Crippen molar-refractivity contribution in [3.63, 3.8) is 0 Å². The van der Waals surface area contributed by atoms with E-state index in [2.05, 4.69) is 31.6 Å². The number of nitrogens with two attached hydrogens (primary N) is 1. The number of amides is 1. The van der Waals surface area contributed by atoms with Crippen molar-refractivity contribution < 1.29 is 9.53 Å². The van der Waals surface area contributed by atoms with Crippen LogP contribution in [0.4, 0.5) is 5.69 Å². The van der Waals surface area contributed by atoms with Crippen molar-refractivity contribution in [1.29, 1.82) is 0 Å². The fourth-order valence-electron chi connectivity index (χ4n) is 4.90. The van der Waals surface area contributed by atoms with Gasteiger partial charge >= 0.3 is 0 Å². The Hall–Kier alpha value is -4.59. The molecule has 1 atom stereocenters. The van der Waals surface area contributed by atoms with Gasteiger partial charge in [0.15, 0.2) is 0 Å². The summed E-state index contributed by atoms with van der Waals surface area (Å²) in [5, 5.41) is 6.64. The lowest BCUT2D eigenvalue weighted by molar-refractivity contribution is 0.102. The van der Waals surface area contributed by atoms with Crippen LogP contribution in [0.2, 0.25) is 0 Å².